The fourth-order valence-electron chi connectivity index (χ4n) is 1.29. The van der Waals surface area contributed by atoms with E-state index in [-0.39, 0.29) is 6.54 Å². The van der Waals surface area contributed by atoms with Crippen LogP contribution in [0.25, 0.3) is 0 Å². The molecule has 0 atom stereocenters. The van der Waals surface area contributed by atoms with Gasteiger partial charge in [0.15, 0.2) is 6.54 Å². The molecule has 0 bridgehead atoms. The zero-order valence-corrected chi connectivity index (χ0v) is 8.98. The van der Waals surface area contributed by atoms with Crippen molar-refractivity contribution in [1.29, 1.82) is 0 Å². The van der Waals surface area contributed by atoms with Crippen LogP contribution in [0.3, 0.4) is 0 Å². The van der Waals surface area contributed by atoms with Gasteiger partial charge in [-0.05, 0) is 19.4 Å². The molecule has 0 unspecified atom stereocenters. The van der Waals surface area contributed by atoms with Crippen LogP contribution in [0, 0.1) is 0 Å². The average Bonchev–Trinajstić information content (AvgIpc) is 2.16. The van der Waals surface area contributed by atoms with Gasteiger partial charge >= 0.3 is 5.91 Å². The fourth-order valence-corrected chi connectivity index (χ4v) is 1.29. The van der Waals surface area contributed by atoms with Gasteiger partial charge in [-0.25, -0.2) is 5.48 Å². The minimum Gasteiger partial charge on any atom is -0.330 e. The first-order valence-corrected chi connectivity index (χ1v) is 5.09. The molecular formula is C8H22N5O2+. The van der Waals surface area contributed by atoms with Crippen LogP contribution in [-0.4, -0.2) is 35.4 Å². The molecule has 15 heavy (non-hydrogen) atoms. The molecule has 7 heteroatoms. The van der Waals surface area contributed by atoms with Gasteiger partial charge in [0, 0.05) is 6.42 Å². The summed E-state index contributed by atoms with van der Waals surface area (Å²) in [5, 5.41) is 8.31. The third-order valence-corrected chi connectivity index (χ3v) is 2.09. The topological polar surface area (TPSA) is 127 Å². The lowest BCUT2D eigenvalue weighted by Crippen LogP contribution is -2.64. The second-order valence-corrected chi connectivity index (χ2v) is 3.72. The first-order valence-electron chi connectivity index (χ1n) is 5.09. The van der Waals surface area contributed by atoms with Crippen LogP contribution in [0.1, 0.15) is 25.7 Å². The Morgan fingerprint density at radius 2 is 1.80 bits per heavy atom. The van der Waals surface area contributed by atoms with E-state index < -0.39 is 10.6 Å². The van der Waals surface area contributed by atoms with Crippen LogP contribution in [0.15, 0.2) is 0 Å². The zero-order valence-electron chi connectivity index (χ0n) is 8.98. The maximum absolute atomic E-state index is 10.8. The monoisotopic (exact) mass is 220 g/mol. The maximum Gasteiger partial charge on any atom is 0.302 e. The van der Waals surface area contributed by atoms with E-state index in [9.17, 15) is 4.79 Å². The second-order valence-electron chi connectivity index (χ2n) is 3.72. The third-order valence-electron chi connectivity index (χ3n) is 2.09. The SMILES string of the molecule is NCCCCCC[N+](N)(N)CC(=O)NO. The lowest BCUT2D eigenvalue weighted by molar-refractivity contribution is -0.944. The van der Waals surface area contributed by atoms with Crippen molar-refractivity contribution in [2.24, 2.45) is 17.4 Å². The van der Waals surface area contributed by atoms with Gasteiger partial charge in [-0.3, -0.25) is 10.0 Å². The van der Waals surface area contributed by atoms with Crippen molar-refractivity contribution in [3.8, 4) is 0 Å². The van der Waals surface area contributed by atoms with E-state index in [1.54, 1.807) is 0 Å². The highest BCUT2D eigenvalue weighted by Crippen LogP contribution is 2.01. The normalized spacial score (nSPS) is 11.5. The van der Waals surface area contributed by atoms with Gasteiger partial charge in [0.1, 0.15) is 6.54 Å². The minimum atomic E-state index is -0.582. The Kier molecular flexibility index (Phi) is 7.18. The summed E-state index contributed by atoms with van der Waals surface area (Å²) in [7, 11) is 0. The van der Waals surface area contributed by atoms with Crippen molar-refractivity contribution < 1.29 is 14.7 Å². The first-order chi connectivity index (χ1) is 7.02. The number of hydrogen-bond donors (Lipinski definition) is 5. The Bertz CT molecular complexity index is 186. The fraction of sp³-hybridized carbons (Fsp3) is 0.875. The zero-order chi connectivity index (χ0) is 11.7. The van der Waals surface area contributed by atoms with Crippen LogP contribution in [0.2, 0.25) is 0 Å². The number of nitrogens with two attached hydrogens (primary N) is 3. The van der Waals surface area contributed by atoms with Crippen molar-refractivity contribution in [1.82, 2.24) is 5.48 Å². The Morgan fingerprint density at radius 3 is 2.33 bits per heavy atom. The standard InChI is InChI=1S/C8H21N5O2/c9-5-3-1-2-4-6-13(10,11)7-8(14)12-15/h1-7,9-11H2,(H-,12,14,15)/p+1. The average molecular weight is 220 g/mol. The molecule has 0 aliphatic heterocycles. The van der Waals surface area contributed by atoms with E-state index in [0.29, 0.717) is 13.1 Å². The van der Waals surface area contributed by atoms with Gasteiger partial charge in [0.05, 0.1) is 0 Å². The van der Waals surface area contributed by atoms with Crippen LogP contribution < -0.4 is 22.9 Å². The van der Waals surface area contributed by atoms with Crippen LogP contribution >= 0.6 is 0 Å². The molecule has 0 spiro atoms. The van der Waals surface area contributed by atoms with Crippen molar-refractivity contribution in [2.45, 2.75) is 25.7 Å². The molecule has 7 nitrogen and oxygen atoms in total. The summed E-state index contributed by atoms with van der Waals surface area (Å²) in [4.78, 5) is 10.8. The molecule has 0 radical (unpaired) electrons. The molecule has 0 aliphatic rings. The predicted octanol–water partition coefficient (Wildman–Crippen LogP) is -1.42. The van der Waals surface area contributed by atoms with E-state index in [0.717, 1.165) is 25.7 Å². The molecule has 0 aliphatic carbocycles. The molecule has 0 fully saturated rings. The van der Waals surface area contributed by atoms with Crippen LogP contribution in [0.5, 0.6) is 0 Å². The number of nitrogens with one attached hydrogen (secondary N) is 1. The smallest absolute Gasteiger partial charge is 0.302 e. The third kappa shape index (κ3) is 8.28. The number of hydroxylamine groups is 1. The summed E-state index contributed by atoms with van der Waals surface area (Å²) in [5.41, 5.74) is 6.85. The van der Waals surface area contributed by atoms with E-state index in [1.807, 2.05) is 0 Å². The first kappa shape index (κ1) is 14.3. The van der Waals surface area contributed by atoms with Crippen LogP contribution in [0.4, 0.5) is 0 Å². The lowest BCUT2D eigenvalue weighted by atomic mass is 10.2. The molecule has 0 aromatic rings. The van der Waals surface area contributed by atoms with Gasteiger partial charge in [-0.1, -0.05) is 6.42 Å². The Balaban J connectivity index is 3.59. The largest absolute Gasteiger partial charge is 0.330 e. The number of carbonyl (C=O) groups is 1. The van der Waals surface area contributed by atoms with E-state index in [4.69, 9.17) is 22.6 Å². The number of hydrogen-bond acceptors (Lipinski definition) is 5. The summed E-state index contributed by atoms with van der Waals surface area (Å²) in [5.74, 6) is 10.7. The van der Waals surface area contributed by atoms with Gasteiger partial charge in [0.25, 0.3) is 0 Å². The Morgan fingerprint density at radius 1 is 1.20 bits per heavy atom. The second kappa shape index (κ2) is 7.55. The molecule has 0 saturated heterocycles. The summed E-state index contributed by atoms with van der Waals surface area (Å²) < 4.78 is -0.394. The summed E-state index contributed by atoms with van der Waals surface area (Å²) >= 11 is 0. The van der Waals surface area contributed by atoms with Crippen molar-refractivity contribution in [2.75, 3.05) is 19.6 Å². The Hall–Kier alpha value is -0.730. The predicted molar refractivity (Wildman–Crippen MR) is 55.8 cm³/mol. The van der Waals surface area contributed by atoms with Crippen LogP contribution in [-0.2, 0) is 4.79 Å². The minimum absolute atomic E-state index is 0.132. The molecular weight excluding hydrogens is 198 g/mol. The number of unbranched alkanes of at least 4 members (excludes halogenated alkanes) is 3. The summed E-state index contributed by atoms with van der Waals surface area (Å²) in [6, 6.07) is 0. The highest BCUT2D eigenvalue weighted by Gasteiger charge is 2.21. The highest BCUT2D eigenvalue weighted by atomic mass is 16.5. The van der Waals surface area contributed by atoms with Crippen molar-refractivity contribution in [3.05, 3.63) is 0 Å². The van der Waals surface area contributed by atoms with Crippen molar-refractivity contribution in [3.63, 3.8) is 0 Å². The van der Waals surface area contributed by atoms with E-state index in [1.165, 1.54) is 5.48 Å². The van der Waals surface area contributed by atoms with Crippen molar-refractivity contribution >= 4 is 5.91 Å². The number of quaternary nitrogens is 1. The Labute approximate surface area is 89.7 Å². The quantitative estimate of drug-likeness (QED) is 0.113. The van der Waals surface area contributed by atoms with Gasteiger partial charge in [-0.15, -0.1) is 0 Å². The van der Waals surface area contributed by atoms with E-state index in [2.05, 4.69) is 0 Å². The molecule has 1 amide bonds. The molecule has 0 rings (SSSR count). The molecule has 0 saturated carbocycles. The number of nitrogens with zero attached hydrogens (tertiary/aromatic N) is 1. The lowest BCUT2D eigenvalue weighted by Gasteiger charge is -2.25. The molecule has 0 aromatic carbocycles. The van der Waals surface area contributed by atoms with Gasteiger partial charge < -0.3 is 5.73 Å². The highest BCUT2D eigenvalue weighted by molar-refractivity contribution is 5.75. The summed E-state index contributed by atoms with van der Waals surface area (Å²) in [6.07, 6.45) is 3.87. The molecule has 0 heterocycles. The number of amides is 1. The maximum atomic E-state index is 10.8. The van der Waals surface area contributed by atoms with Gasteiger partial charge in [0.2, 0.25) is 0 Å². The van der Waals surface area contributed by atoms with E-state index >= 15 is 0 Å². The molecule has 0 aromatic heterocycles. The molecule has 90 valence electrons. The number of carbonyl (C=O) groups excluding carboxylic acids is 1. The number of rotatable bonds is 8. The van der Waals surface area contributed by atoms with Gasteiger partial charge in [-0.2, -0.15) is 16.4 Å². The molecule has 8 N–H and O–H groups in total. The summed E-state index contributed by atoms with van der Waals surface area (Å²) in [6.45, 7) is 1.06.